The van der Waals surface area contributed by atoms with Crippen LogP contribution in [-0.2, 0) is 63.7 Å². The highest BCUT2D eigenvalue weighted by Crippen LogP contribution is 2.39. The van der Waals surface area contributed by atoms with E-state index < -0.39 is 5.95 Å². The van der Waals surface area contributed by atoms with Gasteiger partial charge in [0.15, 0.2) is 5.75 Å². The number of imide groups is 1. The Labute approximate surface area is 418 Å². The Morgan fingerprint density at radius 2 is 1.26 bits per heavy atom. The minimum Gasteiger partial charge on any atom is -0.486 e. The molecule has 3 aromatic rings. The topological polar surface area (TPSA) is 230 Å². The summed E-state index contributed by atoms with van der Waals surface area (Å²) < 4.78 is 57.9. The normalized spacial score (nSPS) is 15.2. The number of hydrogen-bond donors (Lipinski definition) is 4. The molecular formula is C50H67FN8O13. The van der Waals surface area contributed by atoms with Gasteiger partial charge in [0.25, 0.3) is 5.95 Å². The van der Waals surface area contributed by atoms with Crippen LogP contribution in [0.2, 0.25) is 0 Å². The number of benzene rings is 2. The Morgan fingerprint density at radius 1 is 0.667 bits per heavy atom. The van der Waals surface area contributed by atoms with Gasteiger partial charge in [-0.05, 0) is 23.8 Å². The number of rotatable bonds is 34. The summed E-state index contributed by atoms with van der Waals surface area (Å²) >= 11 is 0. The highest BCUT2D eigenvalue weighted by molar-refractivity contribution is 6.04. The van der Waals surface area contributed by atoms with Gasteiger partial charge in [-0.25, -0.2) is 4.98 Å². The van der Waals surface area contributed by atoms with E-state index in [4.69, 9.17) is 37.9 Å². The van der Waals surface area contributed by atoms with Crippen molar-refractivity contribution >= 4 is 46.6 Å². The van der Waals surface area contributed by atoms with Gasteiger partial charge in [0, 0.05) is 68.6 Å². The van der Waals surface area contributed by atoms with Gasteiger partial charge in [0.1, 0.15) is 6.61 Å². The highest BCUT2D eigenvalue weighted by Gasteiger charge is 2.35. The maximum absolute atomic E-state index is 13.9. The first-order valence-corrected chi connectivity index (χ1v) is 24.4. The molecule has 2 aromatic carbocycles. The largest absolute Gasteiger partial charge is 0.486 e. The lowest BCUT2D eigenvalue weighted by atomic mass is 9.96. The lowest BCUT2D eigenvalue weighted by Crippen LogP contribution is -2.39. The van der Waals surface area contributed by atoms with Crippen LogP contribution in [0.5, 0.6) is 5.75 Å². The van der Waals surface area contributed by atoms with Gasteiger partial charge in [-0.15, -0.1) is 5.53 Å². The Balaban J connectivity index is 0.797. The molecule has 3 aliphatic rings. The molecule has 1 saturated heterocycles. The molecule has 3 aliphatic heterocycles. The third kappa shape index (κ3) is 17.6. The van der Waals surface area contributed by atoms with E-state index in [1.165, 1.54) is 12.3 Å². The van der Waals surface area contributed by atoms with Crippen molar-refractivity contribution in [2.45, 2.75) is 39.2 Å². The Morgan fingerprint density at radius 3 is 1.94 bits per heavy atom. The monoisotopic (exact) mass is 1010 g/mol. The molecule has 1 atom stereocenters. The first kappa shape index (κ1) is 55.2. The molecule has 0 radical (unpaired) electrons. The van der Waals surface area contributed by atoms with Crippen LogP contribution in [0.4, 0.5) is 10.1 Å². The van der Waals surface area contributed by atoms with Crippen LogP contribution in [-0.4, -0.2) is 170 Å². The second kappa shape index (κ2) is 30.7. The third-order valence-corrected chi connectivity index (χ3v) is 11.5. The zero-order chi connectivity index (χ0) is 50.8. The van der Waals surface area contributed by atoms with Crippen molar-refractivity contribution in [3.05, 3.63) is 89.5 Å². The number of nitrogens with zero attached hydrogens (tertiary/aromatic N) is 4. The minimum atomic E-state index is -0.656. The summed E-state index contributed by atoms with van der Waals surface area (Å²) in [5.74, 6) is -1.97. The van der Waals surface area contributed by atoms with E-state index >= 15 is 0 Å². The van der Waals surface area contributed by atoms with Gasteiger partial charge < -0.3 is 58.9 Å². The molecule has 0 bridgehead atoms. The van der Waals surface area contributed by atoms with E-state index in [0.29, 0.717) is 98.9 Å². The lowest BCUT2D eigenvalue weighted by Gasteiger charge is -2.30. The molecule has 6 rings (SSSR count). The molecule has 22 heteroatoms. The Bertz CT molecular complexity index is 2260. The van der Waals surface area contributed by atoms with Crippen molar-refractivity contribution in [2.75, 3.05) is 130 Å². The van der Waals surface area contributed by atoms with E-state index in [1.807, 2.05) is 53.5 Å². The molecule has 4 heterocycles. The molecule has 392 valence electrons. The van der Waals surface area contributed by atoms with Crippen molar-refractivity contribution in [2.24, 2.45) is 5.92 Å². The summed E-state index contributed by atoms with van der Waals surface area (Å²) in [5, 5.41) is 7.56. The van der Waals surface area contributed by atoms with Crippen molar-refractivity contribution in [3.8, 4) is 5.75 Å². The fraction of sp³-hybridized carbons (Fsp3) is 0.520. The van der Waals surface area contributed by atoms with Gasteiger partial charge in [0.05, 0.1) is 123 Å². The van der Waals surface area contributed by atoms with Gasteiger partial charge in [0.2, 0.25) is 29.5 Å². The second-order valence-electron chi connectivity index (χ2n) is 16.6. The van der Waals surface area contributed by atoms with Crippen molar-refractivity contribution < 1.29 is 66.3 Å². The van der Waals surface area contributed by atoms with Crippen molar-refractivity contribution in [1.29, 1.82) is 0 Å². The van der Waals surface area contributed by atoms with E-state index in [0.717, 1.165) is 38.7 Å². The smallest absolute Gasteiger partial charge is 0.255 e. The fourth-order valence-electron chi connectivity index (χ4n) is 7.80. The molecule has 21 nitrogen and oxygen atoms in total. The van der Waals surface area contributed by atoms with E-state index in [1.54, 1.807) is 17.9 Å². The summed E-state index contributed by atoms with van der Waals surface area (Å²) in [4.78, 5) is 68.8. The maximum atomic E-state index is 13.9. The lowest BCUT2D eigenvalue weighted by molar-refractivity contribution is -0.139. The summed E-state index contributed by atoms with van der Waals surface area (Å²) in [6.07, 6.45) is 1.84. The first-order chi connectivity index (χ1) is 35.2. The van der Waals surface area contributed by atoms with E-state index in [-0.39, 0.29) is 99.8 Å². The Hall–Kier alpha value is -6.11. The molecule has 72 heavy (non-hydrogen) atoms. The third-order valence-electron chi connectivity index (χ3n) is 11.5. The number of para-hydroxylation sites is 1. The average molecular weight is 1010 g/mol. The summed E-state index contributed by atoms with van der Waals surface area (Å²) in [6, 6.07) is 18.8. The number of carbonyl (C=O) groups is 5. The number of carbonyl (C=O) groups excluding carboxylic acids is 5. The number of likely N-dealkylation sites (tertiary alicyclic amines) is 1. The standard InChI is InChI=1S/C50H67FN8O13/c1-37-35-46(63)57(50(37)64)18-13-43(60)53-17-21-66-24-27-69-30-29-68-26-23-65-20-14-44(61)52-16-12-45(62)58-36-38-7-2-3-8-39(38)48-47(40-9-4-5-10-41(40)58)55-56-59(48)19-22-67-25-28-70-31-32-71-33-34-72-42-11-6-15-54-49(42)51/h2-11,15,37,55-56H,12-14,16-36H2,1H3,(H,52,61)(H,53,60)/i51-1. The zero-order valence-electron chi connectivity index (χ0n) is 40.9. The number of halogens is 1. The van der Waals surface area contributed by atoms with Gasteiger partial charge >= 0.3 is 0 Å². The number of anilines is 1. The van der Waals surface area contributed by atoms with Crippen LogP contribution in [0.1, 0.15) is 49.3 Å². The van der Waals surface area contributed by atoms with Crippen LogP contribution < -0.4 is 31.2 Å². The van der Waals surface area contributed by atoms with Crippen LogP contribution in [0.3, 0.4) is 0 Å². The quantitative estimate of drug-likeness (QED) is 0.0382. The number of aromatic nitrogens is 1. The predicted molar refractivity (Wildman–Crippen MR) is 260 cm³/mol. The zero-order valence-corrected chi connectivity index (χ0v) is 40.9. The van der Waals surface area contributed by atoms with Crippen LogP contribution >= 0.6 is 0 Å². The number of pyridine rings is 1. The maximum Gasteiger partial charge on any atom is 0.255 e. The van der Waals surface area contributed by atoms with Gasteiger partial charge in [-0.1, -0.05) is 49.4 Å². The van der Waals surface area contributed by atoms with E-state index in [2.05, 4.69) is 26.6 Å². The number of nitrogens with one attached hydrogen (secondary N) is 4. The molecule has 4 N–H and O–H groups in total. The summed E-state index contributed by atoms with van der Waals surface area (Å²) in [6.45, 7) is 8.10. The molecule has 0 saturated carbocycles. The Kier molecular flexibility index (Phi) is 23.5. The van der Waals surface area contributed by atoms with Crippen LogP contribution in [0, 0.1) is 11.9 Å². The van der Waals surface area contributed by atoms with Crippen molar-refractivity contribution in [1.82, 2.24) is 36.5 Å². The second-order valence-corrected chi connectivity index (χ2v) is 16.6. The molecule has 0 spiro atoms. The number of hydrazine groups is 2. The summed E-state index contributed by atoms with van der Waals surface area (Å²) in [5.41, 5.74) is 11.9. The summed E-state index contributed by atoms with van der Waals surface area (Å²) in [7, 11) is 0. The fourth-order valence-corrected chi connectivity index (χ4v) is 7.80. The van der Waals surface area contributed by atoms with Gasteiger partial charge in [-0.2, -0.15) is 4.39 Å². The number of amides is 5. The highest BCUT2D eigenvalue weighted by atomic mass is 18.2. The number of hydrogen-bond acceptors (Lipinski definition) is 17. The van der Waals surface area contributed by atoms with Crippen molar-refractivity contribution in [3.63, 3.8) is 0 Å². The van der Waals surface area contributed by atoms with E-state index in [9.17, 15) is 28.4 Å². The first-order valence-electron chi connectivity index (χ1n) is 24.4. The SMILES string of the molecule is CC1CC(=O)N(CCC(=O)NCCOCCOCCOCCOCCC(=O)NCCC(=O)N2Cc3ccccc3C3=C(NNN3CCOCCOCCOCCOc3cccnc3[18F])c3ccccc32)C1=O. The van der Waals surface area contributed by atoms with Crippen LogP contribution in [0.15, 0.2) is 66.9 Å². The minimum absolute atomic E-state index is 0.0569. The number of ether oxygens (including phenoxy) is 8. The molecule has 5 amide bonds. The van der Waals surface area contributed by atoms with Gasteiger partial charge in [-0.3, -0.25) is 33.9 Å². The van der Waals surface area contributed by atoms with Crippen LogP contribution in [0.25, 0.3) is 11.4 Å². The molecule has 0 aliphatic carbocycles. The molecule has 1 aromatic heterocycles. The molecule has 1 fully saturated rings. The molecule has 1 unspecified atom stereocenters. The predicted octanol–water partition coefficient (Wildman–Crippen LogP) is 2.21. The number of fused-ring (bicyclic) bond motifs is 4. The average Bonchev–Trinajstić information content (AvgIpc) is 3.90. The molecular weight excluding hydrogens is 939 g/mol.